The third-order valence-electron chi connectivity index (χ3n) is 2.26. The molecule has 8 nitrogen and oxygen atoms in total. The van der Waals surface area contributed by atoms with Crippen LogP contribution < -0.4 is 5.32 Å². The van der Waals surface area contributed by atoms with Crippen molar-refractivity contribution in [1.29, 1.82) is 0 Å². The van der Waals surface area contributed by atoms with Crippen LogP contribution in [0.25, 0.3) is 0 Å². The zero-order valence-corrected chi connectivity index (χ0v) is 10.8. The van der Waals surface area contributed by atoms with E-state index in [0.717, 1.165) is 0 Å². The molecule has 0 saturated heterocycles. The third-order valence-corrected chi connectivity index (χ3v) is 2.98. The molecule has 0 aliphatic heterocycles. The van der Waals surface area contributed by atoms with E-state index in [1.165, 1.54) is 16.2 Å². The smallest absolute Gasteiger partial charge is 0.260 e. The zero-order chi connectivity index (χ0) is 13.0. The molecule has 96 valence electrons. The number of carbonyl (C=O) groups is 1. The summed E-state index contributed by atoms with van der Waals surface area (Å²) in [5.74, 6) is 0.0253. The number of rotatable bonds is 5. The minimum absolute atomic E-state index is 0.269. The quantitative estimate of drug-likeness (QED) is 0.840. The maximum absolute atomic E-state index is 11.9. The Hall–Kier alpha value is -1.87. The summed E-state index contributed by atoms with van der Waals surface area (Å²) in [4.78, 5) is 11.9. The molecular weight excluding hydrogens is 256 g/mol. The van der Waals surface area contributed by atoms with Gasteiger partial charge in [-0.05, 0) is 28.9 Å². The monoisotopic (exact) mass is 268 g/mol. The number of nitrogens with one attached hydrogen (secondary N) is 1. The van der Waals surface area contributed by atoms with Gasteiger partial charge in [0.05, 0.1) is 24.4 Å². The van der Waals surface area contributed by atoms with Crippen LogP contribution in [0.1, 0.15) is 16.1 Å². The summed E-state index contributed by atoms with van der Waals surface area (Å²) >= 11 is 1.24. The summed E-state index contributed by atoms with van der Waals surface area (Å²) < 4.78 is 10.4. The molecule has 9 heteroatoms. The van der Waals surface area contributed by atoms with E-state index in [-0.39, 0.29) is 5.91 Å². The van der Waals surface area contributed by atoms with Gasteiger partial charge >= 0.3 is 0 Å². The summed E-state index contributed by atoms with van der Waals surface area (Å²) in [6.07, 6.45) is 0. The number of carbonyl (C=O) groups excluding carboxylic acids is 1. The molecule has 2 rings (SSSR count). The average Bonchev–Trinajstić information content (AvgIpc) is 2.95. The number of nitrogens with zero attached hydrogens (tertiary/aromatic N) is 5. The van der Waals surface area contributed by atoms with E-state index in [1.807, 2.05) is 0 Å². The standard InChI is InChI=1S/C9H12N6O2S/c1-6-7(5-18-12-6)8(16)10-9-11-13-14-15(9)3-4-17-2/h5H,3-4H2,1-2H3,(H,10,11,14,16). The van der Waals surface area contributed by atoms with E-state index in [1.54, 1.807) is 19.4 Å². The van der Waals surface area contributed by atoms with Crippen molar-refractivity contribution >= 4 is 23.4 Å². The van der Waals surface area contributed by atoms with Crippen molar-refractivity contribution in [3.8, 4) is 0 Å². The largest absolute Gasteiger partial charge is 0.383 e. The van der Waals surface area contributed by atoms with Gasteiger partial charge in [0.25, 0.3) is 5.91 Å². The first-order valence-electron chi connectivity index (χ1n) is 5.20. The number of amides is 1. The summed E-state index contributed by atoms with van der Waals surface area (Å²) in [7, 11) is 1.59. The molecular formula is C9H12N6O2S. The van der Waals surface area contributed by atoms with Gasteiger partial charge < -0.3 is 4.74 Å². The fraction of sp³-hybridized carbons (Fsp3) is 0.444. The van der Waals surface area contributed by atoms with Gasteiger partial charge in [-0.25, -0.2) is 4.68 Å². The molecule has 2 aromatic rings. The zero-order valence-electron chi connectivity index (χ0n) is 9.95. The molecule has 2 aromatic heterocycles. The van der Waals surface area contributed by atoms with Crippen molar-refractivity contribution in [2.45, 2.75) is 13.5 Å². The Morgan fingerprint density at radius 3 is 3.11 bits per heavy atom. The van der Waals surface area contributed by atoms with Gasteiger partial charge in [-0.15, -0.1) is 0 Å². The molecule has 0 bridgehead atoms. The second-order valence-electron chi connectivity index (χ2n) is 3.49. The Bertz CT molecular complexity index is 537. The molecule has 0 atom stereocenters. The van der Waals surface area contributed by atoms with Crippen LogP contribution >= 0.6 is 11.5 Å². The minimum atomic E-state index is -0.269. The van der Waals surface area contributed by atoms with Crippen LogP contribution in [0.3, 0.4) is 0 Å². The Kier molecular flexibility index (Phi) is 3.95. The van der Waals surface area contributed by atoms with Crippen molar-refractivity contribution in [3.05, 3.63) is 16.6 Å². The molecule has 0 spiro atoms. The molecule has 0 radical (unpaired) electrons. The van der Waals surface area contributed by atoms with Gasteiger partial charge in [-0.1, -0.05) is 5.10 Å². The van der Waals surface area contributed by atoms with Crippen molar-refractivity contribution in [2.75, 3.05) is 19.0 Å². The molecule has 0 aliphatic carbocycles. The predicted octanol–water partition coefficient (Wildman–Crippen LogP) is 0.337. The van der Waals surface area contributed by atoms with Crippen molar-refractivity contribution < 1.29 is 9.53 Å². The number of tetrazole rings is 1. The Morgan fingerprint density at radius 1 is 1.61 bits per heavy atom. The molecule has 1 amide bonds. The molecule has 0 aromatic carbocycles. The number of hydrogen-bond acceptors (Lipinski definition) is 7. The van der Waals surface area contributed by atoms with Gasteiger partial charge in [-0.2, -0.15) is 4.37 Å². The van der Waals surface area contributed by atoms with Crippen LogP contribution in [-0.4, -0.2) is 44.2 Å². The van der Waals surface area contributed by atoms with E-state index in [4.69, 9.17) is 4.74 Å². The van der Waals surface area contributed by atoms with Crippen molar-refractivity contribution in [3.63, 3.8) is 0 Å². The molecule has 1 N–H and O–H groups in total. The average molecular weight is 268 g/mol. The Morgan fingerprint density at radius 2 is 2.44 bits per heavy atom. The first-order valence-corrected chi connectivity index (χ1v) is 6.03. The molecule has 2 heterocycles. The number of ether oxygens (including phenoxy) is 1. The van der Waals surface area contributed by atoms with E-state index in [9.17, 15) is 4.79 Å². The van der Waals surface area contributed by atoms with Gasteiger partial charge in [0.15, 0.2) is 0 Å². The lowest BCUT2D eigenvalue weighted by molar-refractivity contribution is 0.102. The van der Waals surface area contributed by atoms with Gasteiger partial charge in [0, 0.05) is 12.5 Å². The van der Waals surface area contributed by atoms with Crippen LogP contribution in [0.5, 0.6) is 0 Å². The van der Waals surface area contributed by atoms with Crippen LogP contribution in [0.15, 0.2) is 5.38 Å². The van der Waals surface area contributed by atoms with Gasteiger partial charge in [0.1, 0.15) is 0 Å². The molecule has 0 aliphatic rings. The van der Waals surface area contributed by atoms with Crippen molar-refractivity contribution in [2.24, 2.45) is 0 Å². The van der Waals surface area contributed by atoms with E-state index in [2.05, 4.69) is 25.2 Å². The lowest BCUT2D eigenvalue weighted by Gasteiger charge is -2.04. The summed E-state index contributed by atoms with van der Waals surface area (Å²) in [5, 5.41) is 15.3. The lowest BCUT2D eigenvalue weighted by Crippen LogP contribution is -2.18. The minimum Gasteiger partial charge on any atom is -0.383 e. The second kappa shape index (κ2) is 5.65. The first kappa shape index (κ1) is 12.6. The lowest BCUT2D eigenvalue weighted by atomic mass is 10.2. The molecule has 0 unspecified atom stereocenters. The number of aryl methyl sites for hydroxylation is 1. The molecule has 18 heavy (non-hydrogen) atoms. The summed E-state index contributed by atoms with van der Waals surface area (Å²) in [5.41, 5.74) is 1.22. The highest BCUT2D eigenvalue weighted by Gasteiger charge is 2.15. The number of methoxy groups -OCH3 is 1. The SMILES string of the molecule is COCCn1nnnc1NC(=O)c1csnc1C. The summed E-state index contributed by atoms with van der Waals surface area (Å²) in [6, 6.07) is 0. The fourth-order valence-electron chi connectivity index (χ4n) is 1.30. The third kappa shape index (κ3) is 2.68. The Labute approximate surface area is 107 Å². The van der Waals surface area contributed by atoms with Crippen LogP contribution in [-0.2, 0) is 11.3 Å². The predicted molar refractivity (Wildman–Crippen MR) is 64.5 cm³/mol. The maximum Gasteiger partial charge on any atom is 0.260 e. The highest BCUT2D eigenvalue weighted by atomic mass is 32.1. The normalized spacial score (nSPS) is 10.6. The van der Waals surface area contributed by atoms with E-state index < -0.39 is 0 Å². The highest BCUT2D eigenvalue weighted by Crippen LogP contribution is 2.11. The Balaban J connectivity index is 2.08. The van der Waals surface area contributed by atoms with Gasteiger partial charge in [-0.3, -0.25) is 10.1 Å². The number of anilines is 1. The van der Waals surface area contributed by atoms with E-state index in [0.29, 0.717) is 30.4 Å². The first-order chi connectivity index (χ1) is 8.72. The molecule has 0 fully saturated rings. The van der Waals surface area contributed by atoms with Gasteiger partial charge in [0.2, 0.25) is 5.95 Å². The number of aromatic nitrogens is 5. The van der Waals surface area contributed by atoms with Crippen LogP contribution in [0.4, 0.5) is 5.95 Å². The van der Waals surface area contributed by atoms with Crippen molar-refractivity contribution in [1.82, 2.24) is 24.6 Å². The summed E-state index contributed by atoms with van der Waals surface area (Å²) in [6.45, 7) is 2.71. The second-order valence-corrected chi connectivity index (χ2v) is 4.12. The topological polar surface area (TPSA) is 94.8 Å². The molecule has 0 saturated carbocycles. The highest BCUT2D eigenvalue weighted by molar-refractivity contribution is 7.04. The maximum atomic E-state index is 11.9. The van der Waals surface area contributed by atoms with Crippen LogP contribution in [0.2, 0.25) is 0 Å². The number of hydrogen-bond donors (Lipinski definition) is 1. The van der Waals surface area contributed by atoms with Crippen LogP contribution in [0, 0.1) is 6.92 Å². The van der Waals surface area contributed by atoms with E-state index >= 15 is 0 Å². The fourth-order valence-corrected chi connectivity index (χ4v) is 1.99.